The fourth-order valence-electron chi connectivity index (χ4n) is 2.55. The Morgan fingerprint density at radius 2 is 1.58 bits per heavy atom. The zero-order valence-corrected chi connectivity index (χ0v) is 14.5. The van der Waals surface area contributed by atoms with Crippen molar-refractivity contribution >= 4 is 23.1 Å². The lowest BCUT2D eigenvalue weighted by atomic mass is 10.0. The van der Waals surface area contributed by atoms with Gasteiger partial charge in [-0.25, -0.2) is 0 Å². The van der Waals surface area contributed by atoms with E-state index in [1.54, 1.807) is 62.8 Å². The van der Waals surface area contributed by atoms with Gasteiger partial charge in [-0.3, -0.25) is 15.0 Å². The Kier molecular flexibility index (Phi) is 5.17. The maximum atomic E-state index is 12.5. The number of ether oxygens (including phenoxy) is 2. The second-order valence-corrected chi connectivity index (χ2v) is 5.72. The van der Waals surface area contributed by atoms with Crippen LogP contribution in [0.3, 0.4) is 0 Å². The van der Waals surface area contributed by atoms with E-state index < -0.39 is 6.04 Å². The molecular weight excluding hydrogens is 334 g/mol. The van der Waals surface area contributed by atoms with E-state index >= 15 is 0 Å². The van der Waals surface area contributed by atoms with Crippen molar-refractivity contribution in [3.8, 4) is 11.5 Å². The van der Waals surface area contributed by atoms with E-state index in [9.17, 15) is 9.59 Å². The van der Waals surface area contributed by atoms with Gasteiger partial charge in [0.2, 0.25) is 11.7 Å². The molecule has 0 bridgehead atoms. The van der Waals surface area contributed by atoms with Crippen molar-refractivity contribution in [3.63, 3.8) is 0 Å². The molecule has 1 unspecified atom stereocenters. The zero-order valence-electron chi connectivity index (χ0n) is 14.5. The SMILES string of the molecule is COc1ccc(NC(=O)C2CC(C(=O)c3ccc(OC)cc3)=NN2)cc1. The number of hydrogen-bond acceptors (Lipinski definition) is 6. The van der Waals surface area contributed by atoms with Crippen LogP contribution in [0.5, 0.6) is 11.5 Å². The molecule has 0 spiro atoms. The van der Waals surface area contributed by atoms with Crippen LogP contribution in [0, 0.1) is 0 Å². The minimum absolute atomic E-state index is 0.208. The fourth-order valence-corrected chi connectivity index (χ4v) is 2.55. The van der Waals surface area contributed by atoms with Crippen molar-refractivity contribution in [2.75, 3.05) is 19.5 Å². The summed E-state index contributed by atoms with van der Waals surface area (Å²) in [4.78, 5) is 24.8. The summed E-state index contributed by atoms with van der Waals surface area (Å²) in [6.45, 7) is 0. The van der Waals surface area contributed by atoms with Crippen LogP contribution in [-0.2, 0) is 4.79 Å². The number of rotatable bonds is 6. The highest BCUT2D eigenvalue weighted by atomic mass is 16.5. The molecule has 7 nitrogen and oxygen atoms in total. The molecule has 0 aromatic heterocycles. The quantitative estimate of drug-likeness (QED) is 0.778. The maximum Gasteiger partial charge on any atom is 0.248 e. The molecule has 2 aromatic carbocycles. The van der Waals surface area contributed by atoms with Gasteiger partial charge >= 0.3 is 0 Å². The zero-order chi connectivity index (χ0) is 18.5. The lowest BCUT2D eigenvalue weighted by Crippen LogP contribution is -2.35. The van der Waals surface area contributed by atoms with Crippen molar-refractivity contribution < 1.29 is 19.1 Å². The summed E-state index contributed by atoms with van der Waals surface area (Å²) in [7, 11) is 3.14. The highest BCUT2D eigenvalue weighted by Crippen LogP contribution is 2.18. The Bertz CT molecular complexity index is 829. The summed E-state index contributed by atoms with van der Waals surface area (Å²) in [6.07, 6.45) is 0.229. The van der Waals surface area contributed by atoms with Crippen molar-refractivity contribution in [2.45, 2.75) is 12.5 Å². The number of methoxy groups -OCH3 is 2. The predicted molar refractivity (Wildman–Crippen MR) is 97.9 cm³/mol. The highest BCUT2D eigenvalue weighted by molar-refractivity contribution is 6.46. The molecule has 26 heavy (non-hydrogen) atoms. The molecule has 1 heterocycles. The van der Waals surface area contributed by atoms with Gasteiger partial charge in [-0.2, -0.15) is 5.10 Å². The van der Waals surface area contributed by atoms with Gasteiger partial charge in [0.05, 0.1) is 14.2 Å². The smallest absolute Gasteiger partial charge is 0.248 e. The Labute approximate surface area is 151 Å². The molecule has 1 amide bonds. The molecule has 2 aromatic rings. The Hall–Kier alpha value is -3.35. The first kappa shape index (κ1) is 17.5. The van der Waals surface area contributed by atoms with Gasteiger partial charge in [0.1, 0.15) is 23.3 Å². The van der Waals surface area contributed by atoms with E-state index in [0.29, 0.717) is 28.5 Å². The maximum absolute atomic E-state index is 12.5. The van der Waals surface area contributed by atoms with E-state index in [2.05, 4.69) is 15.8 Å². The average Bonchev–Trinajstić information content (AvgIpc) is 3.18. The molecule has 0 fully saturated rings. The first-order valence-electron chi connectivity index (χ1n) is 8.06. The van der Waals surface area contributed by atoms with Crippen LogP contribution in [0.2, 0.25) is 0 Å². The van der Waals surface area contributed by atoms with Crippen molar-refractivity contribution in [2.24, 2.45) is 5.10 Å². The summed E-state index contributed by atoms with van der Waals surface area (Å²) in [6, 6.07) is 13.2. The fraction of sp³-hybridized carbons (Fsp3) is 0.211. The summed E-state index contributed by atoms with van der Waals surface area (Å²) in [5.74, 6) is 0.916. The second-order valence-electron chi connectivity index (χ2n) is 5.72. The molecule has 1 aliphatic heterocycles. The summed E-state index contributed by atoms with van der Waals surface area (Å²) >= 11 is 0. The number of nitrogens with zero attached hydrogens (tertiary/aromatic N) is 1. The highest BCUT2D eigenvalue weighted by Gasteiger charge is 2.29. The molecule has 2 N–H and O–H groups in total. The van der Waals surface area contributed by atoms with E-state index in [1.807, 2.05) is 0 Å². The van der Waals surface area contributed by atoms with Gasteiger partial charge in [-0.1, -0.05) is 0 Å². The number of hydrazone groups is 1. The van der Waals surface area contributed by atoms with Crippen LogP contribution in [0.15, 0.2) is 53.6 Å². The predicted octanol–water partition coefficient (Wildman–Crippen LogP) is 2.24. The van der Waals surface area contributed by atoms with E-state index in [-0.39, 0.29) is 18.1 Å². The van der Waals surface area contributed by atoms with Gasteiger partial charge in [-0.15, -0.1) is 0 Å². The topological polar surface area (TPSA) is 89.0 Å². The number of carbonyl (C=O) groups excluding carboxylic acids is 2. The van der Waals surface area contributed by atoms with Gasteiger partial charge in [0.15, 0.2) is 0 Å². The second kappa shape index (κ2) is 7.69. The normalized spacial score (nSPS) is 15.6. The number of hydrogen-bond donors (Lipinski definition) is 2. The minimum Gasteiger partial charge on any atom is -0.497 e. The molecule has 1 atom stereocenters. The van der Waals surface area contributed by atoms with Crippen molar-refractivity contribution in [1.82, 2.24) is 5.43 Å². The first-order chi connectivity index (χ1) is 12.6. The van der Waals surface area contributed by atoms with E-state index in [1.165, 1.54) is 0 Å². The summed E-state index contributed by atoms with van der Waals surface area (Å²) in [5, 5.41) is 6.82. The third kappa shape index (κ3) is 3.83. The van der Waals surface area contributed by atoms with Crippen LogP contribution >= 0.6 is 0 Å². The molecule has 1 aliphatic rings. The van der Waals surface area contributed by atoms with Crippen LogP contribution in [0.25, 0.3) is 0 Å². The van der Waals surface area contributed by atoms with Crippen LogP contribution < -0.4 is 20.2 Å². The monoisotopic (exact) mass is 353 g/mol. The third-order valence-electron chi connectivity index (χ3n) is 4.04. The molecule has 0 saturated heterocycles. The lowest BCUT2D eigenvalue weighted by Gasteiger charge is -2.11. The molecular formula is C19H19N3O4. The minimum atomic E-state index is -0.589. The van der Waals surface area contributed by atoms with E-state index in [4.69, 9.17) is 9.47 Å². The number of nitrogens with one attached hydrogen (secondary N) is 2. The van der Waals surface area contributed by atoms with Crippen molar-refractivity contribution in [1.29, 1.82) is 0 Å². The number of anilines is 1. The molecule has 7 heteroatoms. The third-order valence-corrected chi connectivity index (χ3v) is 4.04. The number of carbonyl (C=O) groups is 2. The van der Waals surface area contributed by atoms with Gasteiger partial charge < -0.3 is 14.8 Å². The van der Waals surface area contributed by atoms with E-state index in [0.717, 1.165) is 0 Å². The standard InChI is InChI=1S/C19H19N3O4/c1-25-14-7-3-12(4-8-14)18(23)16-11-17(22-21-16)19(24)20-13-5-9-15(26-2)10-6-13/h3-10,17,22H,11H2,1-2H3,(H,20,24). The van der Waals surface area contributed by atoms with Crippen LogP contribution in [0.1, 0.15) is 16.8 Å². The Balaban J connectivity index is 1.59. The van der Waals surface area contributed by atoms with Crippen LogP contribution in [-0.4, -0.2) is 37.7 Å². The van der Waals surface area contributed by atoms with Gasteiger partial charge in [0, 0.05) is 17.7 Å². The molecule has 134 valence electrons. The number of ketones is 1. The van der Waals surface area contributed by atoms with Gasteiger partial charge in [-0.05, 0) is 48.5 Å². The lowest BCUT2D eigenvalue weighted by molar-refractivity contribution is -0.117. The number of benzene rings is 2. The van der Waals surface area contributed by atoms with Gasteiger partial charge in [0.25, 0.3) is 0 Å². The summed E-state index contributed by atoms with van der Waals surface area (Å²) in [5.41, 5.74) is 4.20. The number of Topliss-reactive ketones (excluding diaryl/α,β-unsaturated/α-hetero) is 1. The molecule has 0 saturated carbocycles. The van der Waals surface area contributed by atoms with Crippen molar-refractivity contribution in [3.05, 3.63) is 54.1 Å². The summed E-state index contributed by atoms with van der Waals surface area (Å²) < 4.78 is 10.2. The number of amides is 1. The average molecular weight is 353 g/mol. The Morgan fingerprint density at radius 3 is 2.15 bits per heavy atom. The first-order valence-corrected chi connectivity index (χ1v) is 8.06. The molecule has 0 aliphatic carbocycles. The largest absolute Gasteiger partial charge is 0.497 e. The Morgan fingerprint density at radius 1 is 1.00 bits per heavy atom. The van der Waals surface area contributed by atoms with Crippen LogP contribution in [0.4, 0.5) is 5.69 Å². The molecule has 3 rings (SSSR count). The molecule has 0 radical (unpaired) electrons.